The predicted molar refractivity (Wildman–Crippen MR) is 54.3 cm³/mol. The molecular formula is C9H10N4O. The van der Waals surface area contributed by atoms with Crippen molar-refractivity contribution in [2.75, 3.05) is 11.9 Å². The maximum atomic E-state index is 11.0. The van der Waals surface area contributed by atoms with E-state index >= 15 is 0 Å². The molecule has 0 saturated heterocycles. The molecular weight excluding hydrogens is 180 g/mol. The van der Waals surface area contributed by atoms with Gasteiger partial charge in [0.15, 0.2) is 0 Å². The first-order valence-electron chi connectivity index (χ1n) is 4.04. The lowest BCUT2D eigenvalue weighted by Gasteiger charge is -2.14. The highest BCUT2D eigenvalue weighted by Crippen LogP contribution is 2.20. The fourth-order valence-corrected chi connectivity index (χ4v) is 0.997. The first-order chi connectivity index (χ1) is 6.65. The van der Waals surface area contributed by atoms with Crippen LogP contribution in [0, 0.1) is 0 Å². The lowest BCUT2D eigenvalue weighted by Crippen LogP contribution is -2.22. The van der Waals surface area contributed by atoms with Gasteiger partial charge in [-0.15, -0.1) is 0 Å². The summed E-state index contributed by atoms with van der Waals surface area (Å²) in [6, 6.07) is 6.84. The monoisotopic (exact) mass is 190 g/mol. The van der Waals surface area contributed by atoms with E-state index in [9.17, 15) is 4.79 Å². The van der Waals surface area contributed by atoms with Crippen LogP contribution in [0.1, 0.15) is 6.92 Å². The number of hydrogen-bond acceptors (Lipinski definition) is 2. The van der Waals surface area contributed by atoms with E-state index < -0.39 is 0 Å². The van der Waals surface area contributed by atoms with Crippen molar-refractivity contribution in [3.05, 3.63) is 34.7 Å². The number of anilines is 1. The molecule has 0 bridgehead atoms. The number of carbonyl (C=O) groups is 1. The molecule has 0 unspecified atom stereocenters. The molecule has 0 aromatic heterocycles. The van der Waals surface area contributed by atoms with Crippen molar-refractivity contribution in [3.8, 4) is 0 Å². The molecule has 0 fully saturated rings. The lowest BCUT2D eigenvalue weighted by atomic mass is 10.2. The van der Waals surface area contributed by atoms with E-state index in [1.807, 2.05) is 0 Å². The number of amides is 1. The Hall–Kier alpha value is -2.00. The summed E-state index contributed by atoms with van der Waals surface area (Å²) >= 11 is 0. The number of benzene rings is 1. The summed E-state index contributed by atoms with van der Waals surface area (Å²) in [4.78, 5) is 15.2. The zero-order chi connectivity index (χ0) is 10.6. The number of nitrogens with zero attached hydrogens (tertiary/aromatic N) is 4. The summed E-state index contributed by atoms with van der Waals surface area (Å²) in [7, 11) is 1.66. The van der Waals surface area contributed by atoms with Gasteiger partial charge in [0, 0.05) is 30.3 Å². The molecule has 1 rings (SSSR count). The van der Waals surface area contributed by atoms with Crippen molar-refractivity contribution < 1.29 is 4.79 Å². The summed E-state index contributed by atoms with van der Waals surface area (Å²) in [5.41, 5.74) is 9.44. The quantitative estimate of drug-likeness (QED) is 0.401. The van der Waals surface area contributed by atoms with Crippen molar-refractivity contribution in [1.29, 1.82) is 0 Å². The van der Waals surface area contributed by atoms with E-state index in [4.69, 9.17) is 5.53 Å². The van der Waals surface area contributed by atoms with Crippen LogP contribution in [-0.2, 0) is 4.79 Å². The Balaban J connectivity index is 3.04. The second-order valence-corrected chi connectivity index (χ2v) is 2.79. The highest BCUT2D eigenvalue weighted by Gasteiger charge is 2.04. The van der Waals surface area contributed by atoms with Crippen LogP contribution >= 0.6 is 0 Å². The Morgan fingerprint density at radius 2 is 2.29 bits per heavy atom. The maximum absolute atomic E-state index is 11.0. The molecule has 5 nitrogen and oxygen atoms in total. The molecule has 0 atom stereocenters. The standard InChI is InChI=1S/C9H10N4O/c1-7(14)13(2)9-5-3-4-8(6-9)11-12-10/h3-6H,1-2H3. The van der Waals surface area contributed by atoms with Crippen molar-refractivity contribution in [2.24, 2.45) is 5.11 Å². The second-order valence-electron chi connectivity index (χ2n) is 2.79. The van der Waals surface area contributed by atoms with Gasteiger partial charge in [0.05, 0.1) is 0 Å². The SMILES string of the molecule is CC(=O)N(C)c1cccc(N=[N+]=[N-])c1. The molecule has 0 aliphatic heterocycles. The smallest absolute Gasteiger partial charge is 0.223 e. The van der Waals surface area contributed by atoms with Crippen LogP contribution < -0.4 is 4.90 Å². The van der Waals surface area contributed by atoms with Crippen molar-refractivity contribution >= 4 is 17.3 Å². The van der Waals surface area contributed by atoms with Gasteiger partial charge in [0.1, 0.15) is 0 Å². The Bertz CT molecular complexity index is 396. The van der Waals surface area contributed by atoms with Crippen LogP contribution in [0.4, 0.5) is 11.4 Å². The second kappa shape index (κ2) is 4.30. The molecule has 1 aromatic carbocycles. The van der Waals surface area contributed by atoms with Crippen LogP contribution in [-0.4, -0.2) is 13.0 Å². The Labute approximate surface area is 81.6 Å². The van der Waals surface area contributed by atoms with Gasteiger partial charge < -0.3 is 4.90 Å². The van der Waals surface area contributed by atoms with Crippen LogP contribution in [0.25, 0.3) is 10.4 Å². The van der Waals surface area contributed by atoms with E-state index in [-0.39, 0.29) is 5.91 Å². The van der Waals surface area contributed by atoms with Gasteiger partial charge >= 0.3 is 0 Å². The largest absolute Gasteiger partial charge is 0.316 e. The van der Waals surface area contributed by atoms with Gasteiger partial charge in [0.25, 0.3) is 0 Å². The minimum atomic E-state index is -0.0666. The summed E-state index contributed by atoms with van der Waals surface area (Å²) in [6.07, 6.45) is 0. The third kappa shape index (κ3) is 2.24. The predicted octanol–water partition coefficient (Wildman–Crippen LogP) is 2.61. The molecule has 5 heteroatoms. The molecule has 0 aliphatic rings. The first-order valence-corrected chi connectivity index (χ1v) is 4.04. The number of azide groups is 1. The minimum Gasteiger partial charge on any atom is -0.316 e. The molecule has 1 amide bonds. The first kappa shape index (κ1) is 10.1. The van der Waals surface area contributed by atoms with E-state index in [1.165, 1.54) is 11.8 Å². The summed E-state index contributed by atoms with van der Waals surface area (Å²) in [5.74, 6) is -0.0666. The molecule has 0 saturated carbocycles. The van der Waals surface area contributed by atoms with E-state index in [0.717, 1.165) is 0 Å². The van der Waals surface area contributed by atoms with Gasteiger partial charge in [-0.2, -0.15) is 0 Å². The highest BCUT2D eigenvalue weighted by atomic mass is 16.2. The van der Waals surface area contributed by atoms with Crippen molar-refractivity contribution in [1.82, 2.24) is 0 Å². The van der Waals surface area contributed by atoms with Gasteiger partial charge in [-0.25, -0.2) is 0 Å². The summed E-state index contributed by atoms with van der Waals surface area (Å²) < 4.78 is 0. The molecule has 0 spiro atoms. The number of hydrogen-bond donors (Lipinski definition) is 0. The minimum absolute atomic E-state index is 0.0666. The Kier molecular flexibility index (Phi) is 3.09. The van der Waals surface area contributed by atoms with E-state index in [1.54, 1.807) is 31.3 Å². The Morgan fingerprint density at radius 1 is 1.57 bits per heavy atom. The number of carbonyl (C=O) groups excluding carboxylic acids is 1. The maximum Gasteiger partial charge on any atom is 0.223 e. The van der Waals surface area contributed by atoms with Gasteiger partial charge in [0.2, 0.25) is 5.91 Å². The topological polar surface area (TPSA) is 69.1 Å². The normalized spacial score (nSPS) is 9.00. The zero-order valence-corrected chi connectivity index (χ0v) is 8.01. The number of rotatable bonds is 2. The Morgan fingerprint density at radius 3 is 2.86 bits per heavy atom. The molecule has 72 valence electrons. The molecule has 0 aliphatic carbocycles. The molecule has 0 heterocycles. The lowest BCUT2D eigenvalue weighted by molar-refractivity contribution is -0.116. The summed E-state index contributed by atoms with van der Waals surface area (Å²) in [6.45, 7) is 1.47. The average Bonchev–Trinajstić information content (AvgIpc) is 2.17. The van der Waals surface area contributed by atoms with Gasteiger partial charge in [-0.1, -0.05) is 17.2 Å². The fraction of sp³-hybridized carbons (Fsp3) is 0.222. The van der Waals surface area contributed by atoms with Gasteiger partial charge in [-0.05, 0) is 17.7 Å². The molecule has 0 radical (unpaired) electrons. The zero-order valence-electron chi connectivity index (χ0n) is 8.01. The molecule has 0 N–H and O–H groups in total. The van der Waals surface area contributed by atoms with Crippen molar-refractivity contribution in [3.63, 3.8) is 0 Å². The van der Waals surface area contributed by atoms with Gasteiger partial charge in [-0.3, -0.25) is 4.79 Å². The van der Waals surface area contributed by atoms with Crippen molar-refractivity contribution in [2.45, 2.75) is 6.92 Å². The fourth-order valence-electron chi connectivity index (χ4n) is 0.997. The average molecular weight is 190 g/mol. The third-order valence-corrected chi connectivity index (χ3v) is 1.85. The third-order valence-electron chi connectivity index (χ3n) is 1.85. The highest BCUT2D eigenvalue weighted by molar-refractivity contribution is 5.91. The van der Waals surface area contributed by atoms with Crippen LogP contribution in [0.5, 0.6) is 0 Å². The van der Waals surface area contributed by atoms with Crippen LogP contribution in [0.2, 0.25) is 0 Å². The van der Waals surface area contributed by atoms with Crippen LogP contribution in [0.3, 0.4) is 0 Å². The van der Waals surface area contributed by atoms with Crippen LogP contribution in [0.15, 0.2) is 29.4 Å². The van der Waals surface area contributed by atoms with E-state index in [2.05, 4.69) is 10.0 Å². The summed E-state index contributed by atoms with van der Waals surface area (Å²) in [5, 5.41) is 3.45. The molecule has 1 aromatic rings. The molecule has 14 heavy (non-hydrogen) atoms. The van der Waals surface area contributed by atoms with E-state index in [0.29, 0.717) is 11.4 Å².